The van der Waals surface area contributed by atoms with Crippen LogP contribution in [0.3, 0.4) is 0 Å². The summed E-state index contributed by atoms with van der Waals surface area (Å²) in [5, 5.41) is 8.75. The molecule has 0 fully saturated rings. The molecule has 3 heteroatoms. The van der Waals surface area contributed by atoms with Crippen molar-refractivity contribution in [1.29, 1.82) is 0 Å². The third-order valence-corrected chi connectivity index (χ3v) is 2.94. The number of rotatable bonds is 6. The molecule has 0 aliphatic rings. The average molecular weight is 248 g/mol. The second kappa shape index (κ2) is 6.84. The van der Waals surface area contributed by atoms with Crippen molar-refractivity contribution >= 4 is 11.5 Å². The number of carbonyl (C=O) groups is 1. The molecule has 3 nitrogen and oxygen atoms in total. The van der Waals surface area contributed by atoms with Crippen molar-refractivity contribution in [3.05, 3.63) is 35.4 Å². The number of hydrogen-bond acceptors (Lipinski definition) is 2. The SMILES string of the molecule is CC/C(=C\CC(=O)O)c1ccc(OC)cc1CC. The van der Waals surface area contributed by atoms with Crippen LogP contribution in [0.25, 0.3) is 5.57 Å². The van der Waals surface area contributed by atoms with Crippen molar-refractivity contribution in [2.75, 3.05) is 7.11 Å². The van der Waals surface area contributed by atoms with E-state index in [0.29, 0.717) is 0 Å². The Labute approximate surface area is 108 Å². The molecule has 1 N–H and O–H groups in total. The Balaban J connectivity index is 3.12. The Kier molecular flexibility index (Phi) is 5.43. The molecular weight excluding hydrogens is 228 g/mol. The van der Waals surface area contributed by atoms with E-state index in [1.54, 1.807) is 13.2 Å². The van der Waals surface area contributed by atoms with Crippen molar-refractivity contribution in [1.82, 2.24) is 0 Å². The van der Waals surface area contributed by atoms with Gasteiger partial charge in [-0.1, -0.05) is 26.0 Å². The van der Waals surface area contributed by atoms with Gasteiger partial charge in [0.1, 0.15) is 5.75 Å². The molecule has 0 radical (unpaired) electrons. The van der Waals surface area contributed by atoms with Gasteiger partial charge in [0.05, 0.1) is 13.5 Å². The van der Waals surface area contributed by atoms with Gasteiger partial charge in [0, 0.05) is 0 Å². The van der Waals surface area contributed by atoms with E-state index in [4.69, 9.17) is 9.84 Å². The summed E-state index contributed by atoms with van der Waals surface area (Å²) < 4.78 is 5.21. The van der Waals surface area contributed by atoms with E-state index in [1.165, 1.54) is 5.56 Å². The molecule has 0 saturated carbocycles. The number of allylic oxidation sites excluding steroid dienone is 1. The summed E-state index contributed by atoms with van der Waals surface area (Å²) in [6.07, 6.45) is 3.59. The van der Waals surface area contributed by atoms with Crippen molar-refractivity contribution in [2.24, 2.45) is 0 Å². The molecule has 0 atom stereocenters. The molecule has 0 aliphatic heterocycles. The smallest absolute Gasteiger partial charge is 0.307 e. The summed E-state index contributed by atoms with van der Waals surface area (Å²) in [6.45, 7) is 4.13. The minimum absolute atomic E-state index is 0.0678. The van der Waals surface area contributed by atoms with Crippen LogP contribution in [0, 0.1) is 0 Å². The zero-order chi connectivity index (χ0) is 13.5. The predicted octanol–water partition coefficient (Wildman–Crippen LogP) is 3.53. The van der Waals surface area contributed by atoms with Gasteiger partial charge in [0.15, 0.2) is 0 Å². The predicted molar refractivity (Wildman–Crippen MR) is 72.9 cm³/mol. The first-order chi connectivity index (χ1) is 8.62. The maximum atomic E-state index is 10.6. The van der Waals surface area contributed by atoms with Crippen molar-refractivity contribution in [3.63, 3.8) is 0 Å². The van der Waals surface area contributed by atoms with Gasteiger partial charge in [-0.15, -0.1) is 0 Å². The first-order valence-corrected chi connectivity index (χ1v) is 6.20. The van der Waals surface area contributed by atoms with Crippen molar-refractivity contribution in [2.45, 2.75) is 33.1 Å². The third-order valence-electron chi connectivity index (χ3n) is 2.94. The van der Waals surface area contributed by atoms with Gasteiger partial charge >= 0.3 is 5.97 Å². The van der Waals surface area contributed by atoms with E-state index < -0.39 is 5.97 Å². The van der Waals surface area contributed by atoms with Gasteiger partial charge in [-0.3, -0.25) is 4.79 Å². The van der Waals surface area contributed by atoms with Crippen LogP contribution in [0.5, 0.6) is 5.75 Å². The Morgan fingerprint density at radius 1 is 1.39 bits per heavy atom. The molecule has 0 aromatic heterocycles. The van der Waals surface area contributed by atoms with Crippen LogP contribution in [0.2, 0.25) is 0 Å². The fourth-order valence-electron chi connectivity index (χ4n) is 1.96. The normalized spacial score (nSPS) is 11.4. The number of carboxylic acids is 1. The largest absolute Gasteiger partial charge is 0.497 e. The summed E-state index contributed by atoms with van der Waals surface area (Å²) in [6, 6.07) is 5.94. The summed E-state index contributed by atoms with van der Waals surface area (Å²) in [5.74, 6) is 0.0387. The minimum atomic E-state index is -0.799. The van der Waals surface area contributed by atoms with Crippen LogP contribution in [-0.4, -0.2) is 18.2 Å². The molecule has 98 valence electrons. The van der Waals surface area contributed by atoms with Gasteiger partial charge in [-0.25, -0.2) is 0 Å². The maximum absolute atomic E-state index is 10.6. The van der Waals surface area contributed by atoms with E-state index in [2.05, 4.69) is 6.92 Å². The Hall–Kier alpha value is -1.77. The molecule has 0 amide bonds. The number of ether oxygens (including phenoxy) is 1. The lowest BCUT2D eigenvalue weighted by atomic mass is 9.95. The molecule has 1 aromatic rings. The number of hydrogen-bond donors (Lipinski definition) is 1. The first kappa shape index (κ1) is 14.3. The minimum Gasteiger partial charge on any atom is -0.497 e. The molecule has 1 aromatic carbocycles. The second-order valence-corrected chi connectivity index (χ2v) is 4.06. The molecule has 0 bridgehead atoms. The van der Waals surface area contributed by atoms with Gasteiger partial charge in [-0.2, -0.15) is 0 Å². The maximum Gasteiger partial charge on any atom is 0.307 e. The Morgan fingerprint density at radius 3 is 2.61 bits per heavy atom. The first-order valence-electron chi connectivity index (χ1n) is 6.20. The Bertz CT molecular complexity index is 447. The third kappa shape index (κ3) is 3.62. The zero-order valence-electron chi connectivity index (χ0n) is 11.2. The van der Waals surface area contributed by atoms with Gasteiger partial charge < -0.3 is 9.84 Å². The number of carboxylic acid groups (broad SMARTS) is 1. The standard InChI is InChI=1S/C15H20O3/c1-4-11(6-9-15(16)17)14-8-7-13(18-3)10-12(14)5-2/h6-8,10H,4-5,9H2,1-3H3,(H,16,17)/b11-6+. The van der Waals surface area contributed by atoms with Crippen LogP contribution in [0.4, 0.5) is 0 Å². The molecule has 0 spiro atoms. The fraction of sp³-hybridized carbons (Fsp3) is 0.400. The highest BCUT2D eigenvalue weighted by Crippen LogP contribution is 2.26. The number of benzene rings is 1. The van der Waals surface area contributed by atoms with E-state index in [0.717, 1.165) is 29.7 Å². The average Bonchev–Trinajstić information content (AvgIpc) is 2.39. The quantitative estimate of drug-likeness (QED) is 0.837. The molecule has 0 heterocycles. The summed E-state index contributed by atoms with van der Waals surface area (Å²) in [7, 11) is 1.65. The zero-order valence-corrected chi connectivity index (χ0v) is 11.2. The molecule has 1 rings (SSSR count). The molecule has 18 heavy (non-hydrogen) atoms. The molecule has 0 aliphatic carbocycles. The van der Waals surface area contributed by atoms with Crippen LogP contribution in [0.15, 0.2) is 24.3 Å². The number of aliphatic carboxylic acids is 1. The van der Waals surface area contributed by atoms with Crippen LogP contribution < -0.4 is 4.74 Å². The lowest BCUT2D eigenvalue weighted by Crippen LogP contribution is -1.96. The summed E-state index contributed by atoms with van der Waals surface area (Å²) in [5.41, 5.74) is 3.40. The van der Waals surface area contributed by atoms with E-state index in [9.17, 15) is 4.79 Å². The van der Waals surface area contributed by atoms with Gasteiger partial charge in [-0.05, 0) is 41.7 Å². The monoisotopic (exact) mass is 248 g/mol. The number of methoxy groups -OCH3 is 1. The van der Waals surface area contributed by atoms with E-state index in [1.807, 2.05) is 25.1 Å². The second-order valence-electron chi connectivity index (χ2n) is 4.06. The van der Waals surface area contributed by atoms with E-state index >= 15 is 0 Å². The van der Waals surface area contributed by atoms with Crippen molar-refractivity contribution in [3.8, 4) is 5.75 Å². The molecule has 0 saturated heterocycles. The Morgan fingerprint density at radius 2 is 2.11 bits per heavy atom. The summed E-state index contributed by atoms with van der Waals surface area (Å²) >= 11 is 0. The van der Waals surface area contributed by atoms with Crippen LogP contribution >= 0.6 is 0 Å². The molecular formula is C15H20O3. The highest BCUT2D eigenvalue weighted by atomic mass is 16.5. The highest BCUT2D eigenvalue weighted by molar-refractivity contribution is 5.75. The fourth-order valence-corrected chi connectivity index (χ4v) is 1.96. The van der Waals surface area contributed by atoms with Crippen LogP contribution in [0.1, 0.15) is 37.8 Å². The lowest BCUT2D eigenvalue weighted by molar-refractivity contribution is -0.135. The van der Waals surface area contributed by atoms with Gasteiger partial charge in [0.25, 0.3) is 0 Å². The van der Waals surface area contributed by atoms with Crippen molar-refractivity contribution < 1.29 is 14.6 Å². The summed E-state index contributed by atoms with van der Waals surface area (Å²) in [4.78, 5) is 10.6. The number of aryl methyl sites for hydroxylation is 1. The van der Waals surface area contributed by atoms with Crippen LogP contribution in [-0.2, 0) is 11.2 Å². The van der Waals surface area contributed by atoms with E-state index in [-0.39, 0.29) is 6.42 Å². The highest BCUT2D eigenvalue weighted by Gasteiger charge is 2.07. The topological polar surface area (TPSA) is 46.5 Å². The van der Waals surface area contributed by atoms with Gasteiger partial charge in [0.2, 0.25) is 0 Å². The molecule has 0 unspecified atom stereocenters. The lowest BCUT2D eigenvalue weighted by Gasteiger charge is -2.12.